The number of carbonyl (C=O) groups is 2. The quantitative estimate of drug-likeness (QED) is 0.872. The SMILES string of the molecule is O=C1NCCN(Cc2ccc(F)cc2Cl)[C@@H]1CC(=O)N1CCCCCC1. The minimum absolute atomic E-state index is 0.0316. The largest absolute Gasteiger partial charge is 0.353 e. The number of piperazine rings is 1. The predicted molar refractivity (Wildman–Crippen MR) is 98.3 cm³/mol. The fourth-order valence-electron chi connectivity index (χ4n) is 3.66. The van der Waals surface area contributed by atoms with Crippen molar-refractivity contribution in [2.45, 2.75) is 44.7 Å². The van der Waals surface area contributed by atoms with Gasteiger partial charge in [0.05, 0.1) is 12.5 Å². The Hall–Kier alpha value is -1.66. The summed E-state index contributed by atoms with van der Waals surface area (Å²) < 4.78 is 13.3. The molecule has 2 aliphatic rings. The zero-order valence-electron chi connectivity index (χ0n) is 14.8. The molecule has 2 saturated heterocycles. The molecule has 2 amide bonds. The van der Waals surface area contributed by atoms with Crippen molar-refractivity contribution in [2.75, 3.05) is 26.2 Å². The van der Waals surface area contributed by atoms with E-state index in [0.29, 0.717) is 24.7 Å². The molecule has 7 heteroatoms. The summed E-state index contributed by atoms with van der Waals surface area (Å²) in [6, 6.07) is 3.76. The molecule has 0 spiro atoms. The van der Waals surface area contributed by atoms with E-state index in [9.17, 15) is 14.0 Å². The summed E-state index contributed by atoms with van der Waals surface area (Å²) in [5.74, 6) is -0.482. The maximum absolute atomic E-state index is 13.3. The van der Waals surface area contributed by atoms with Crippen molar-refractivity contribution in [1.82, 2.24) is 15.1 Å². The number of likely N-dealkylation sites (tertiary alicyclic amines) is 1. The van der Waals surface area contributed by atoms with Crippen molar-refractivity contribution < 1.29 is 14.0 Å². The molecule has 5 nitrogen and oxygen atoms in total. The first-order chi connectivity index (χ1) is 12.5. The third-order valence-corrected chi connectivity index (χ3v) is 5.51. The second-order valence-electron chi connectivity index (χ2n) is 7.01. The van der Waals surface area contributed by atoms with Crippen LogP contribution in [0.3, 0.4) is 0 Å². The van der Waals surface area contributed by atoms with Gasteiger partial charge in [-0.2, -0.15) is 0 Å². The van der Waals surface area contributed by atoms with Gasteiger partial charge in [0.1, 0.15) is 5.82 Å². The number of benzene rings is 1. The monoisotopic (exact) mass is 381 g/mol. The molecular formula is C19H25ClFN3O2. The molecule has 3 rings (SSSR count). The van der Waals surface area contributed by atoms with Gasteiger partial charge in [-0.1, -0.05) is 30.5 Å². The maximum Gasteiger partial charge on any atom is 0.237 e. The van der Waals surface area contributed by atoms with Crippen LogP contribution in [0.1, 0.15) is 37.7 Å². The summed E-state index contributed by atoms with van der Waals surface area (Å²) >= 11 is 6.14. The lowest BCUT2D eigenvalue weighted by atomic mass is 10.1. The Morgan fingerprint density at radius 3 is 2.62 bits per heavy atom. The van der Waals surface area contributed by atoms with Crippen LogP contribution >= 0.6 is 11.6 Å². The fourth-order valence-corrected chi connectivity index (χ4v) is 3.88. The Balaban J connectivity index is 1.69. The first-order valence-electron chi connectivity index (χ1n) is 9.28. The van der Waals surface area contributed by atoms with Gasteiger partial charge < -0.3 is 10.2 Å². The average Bonchev–Trinajstić information content (AvgIpc) is 2.89. The summed E-state index contributed by atoms with van der Waals surface area (Å²) in [5, 5.41) is 3.19. The van der Waals surface area contributed by atoms with E-state index in [1.165, 1.54) is 12.1 Å². The average molecular weight is 382 g/mol. The van der Waals surface area contributed by atoms with E-state index in [2.05, 4.69) is 5.32 Å². The van der Waals surface area contributed by atoms with Crippen LogP contribution in [0.2, 0.25) is 5.02 Å². The van der Waals surface area contributed by atoms with E-state index in [-0.39, 0.29) is 24.1 Å². The summed E-state index contributed by atoms with van der Waals surface area (Å²) in [5.41, 5.74) is 0.759. The van der Waals surface area contributed by atoms with Crippen LogP contribution < -0.4 is 5.32 Å². The van der Waals surface area contributed by atoms with Crippen molar-refractivity contribution in [2.24, 2.45) is 0 Å². The van der Waals surface area contributed by atoms with Gasteiger partial charge >= 0.3 is 0 Å². The van der Waals surface area contributed by atoms with Crippen LogP contribution in [-0.4, -0.2) is 53.8 Å². The smallest absolute Gasteiger partial charge is 0.237 e. The molecule has 0 aliphatic carbocycles. The Bertz CT molecular complexity index is 662. The molecule has 26 heavy (non-hydrogen) atoms. The Morgan fingerprint density at radius 1 is 1.19 bits per heavy atom. The van der Waals surface area contributed by atoms with Crippen LogP contribution in [0.5, 0.6) is 0 Å². The van der Waals surface area contributed by atoms with Gasteiger partial charge in [0.15, 0.2) is 0 Å². The van der Waals surface area contributed by atoms with Crippen LogP contribution in [0.25, 0.3) is 0 Å². The highest BCUT2D eigenvalue weighted by Crippen LogP contribution is 2.22. The van der Waals surface area contributed by atoms with Crippen molar-refractivity contribution >= 4 is 23.4 Å². The molecule has 1 aromatic carbocycles. The molecule has 142 valence electrons. The molecule has 2 fully saturated rings. The Kier molecular flexibility index (Phi) is 6.48. The number of nitrogens with one attached hydrogen (secondary N) is 1. The minimum Gasteiger partial charge on any atom is -0.353 e. The van der Waals surface area contributed by atoms with Gasteiger partial charge in [-0.05, 0) is 30.5 Å². The predicted octanol–water partition coefficient (Wildman–Crippen LogP) is 2.57. The standard InChI is InChI=1S/C19H25ClFN3O2/c20-16-11-15(21)6-5-14(16)13-24-10-7-22-19(26)17(24)12-18(25)23-8-3-1-2-4-9-23/h5-6,11,17H,1-4,7-10,12-13H2,(H,22,26)/t17-/m1/s1. The summed E-state index contributed by atoms with van der Waals surface area (Å²) in [7, 11) is 0. The van der Waals surface area contributed by atoms with Crippen LogP contribution in [0.4, 0.5) is 4.39 Å². The van der Waals surface area contributed by atoms with Gasteiger partial charge in [0.25, 0.3) is 0 Å². The summed E-state index contributed by atoms with van der Waals surface area (Å²) in [4.78, 5) is 29.0. The van der Waals surface area contributed by atoms with Crippen LogP contribution in [-0.2, 0) is 16.1 Å². The summed E-state index contributed by atoms with van der Waals surface area (Å²) in [6.07, 6.45) is 4.53. The Morgan fingerprint density at radius 2 is 1.92 bits per heavy atom. The highest BCUT2D eigenvalue weighted by atomic mass is 35.5. The highest BCUT2D eigenvalue weighted by Gasteiger charge is 2.33. The third kappa shape index (κ3) is 4.74. The van der Waals surface area contributed by atoms with Crippen molar-refractivity contribution in [3.63, 3.8) is 0 Å². The number of carbonyl (C=O) groups excluding carboxylic acids is 2. The molecule has 1 N–H and O–H groups in total. The van der Waals surface area contributed by atoms with E-state index < -0.39 is 6.04 Å². The first kappa shape index (κ1) is 19.1. The number of nitrogens with zero attached hydrogens (tertiary/aromatic N) is 2. The zero-order chi connectivity index (χ0) is 18.5. The van der Waals surface area contributed by atoms with Gasteiger partial charge in [-0.3, -0.25) is 14.5 Å². The van der Waals surface area contributed by atoms with Crippen LogP contribution in [0.15, 0.2) is 18.2 Å². The van der Waals surface area contributed by atoms with E-state index in [4.69, 9.17) is 11.6 Å². The lowest BCUT2D eigenvalue weighted by Crippen LogP contribution is -2.56. The van der Waals surface area contributed by atoms with E-state index >= 15 is 0 Å². The zero-order valence-corrected chi connectivity index (χ0v) is 15.6. The second-order valence-corrected chi connectivity index (χ2v) is 7.42. The molecule has 1 aromatic rings. The molecule has 1 atom stereocenters. The van der Waals surface area contributed by atoms with E-state index in [1.54, 1.807) is 6.07 Å². The number of halogens is 2. The molecule has 0 unspecified atom stereocenters. The number of hydrogen-bond acceptors (Lipinski definition) is 3. The van der Waals surface area contributed by atoms with Gasteiger partial charge in [0, 0.05) is 37.7 Å². The Labute approximate surface area is 158 Å². The van der Waals surface area contributed by atoms with Crippen LogP contribution in [0, 0.1) is 5.82 Å². The lowest BCUT2D eigenvalue weighted by molar-refractivity contribution is -0.139. The van der Waals surface area contributed by atoms with Crippen molar-refractivity contribution in [3.05, 3.63) is 34.6 Å². The molecule has 0 aromatic heterocycles. The van der Waals surface area contributed by atoms with E-state index in [1.807, 2.05) is 9.80 Å². The van der Waals surface area contributed by atoms with E-state index in [0.717, 1.165) is 44.3 Å². The third-order valence-electron chi connectivity index (χ3n) is 5.16. The second kappa shape index (κ2) is 8.82. The number of rotatable bonds is 4. The van der Waals surface area contributed by atoms with Gasteiger partial charge in [0.2, 0.25) is 11.8 Å². The molecule has 2 aliphatic heterocycles. The maximum atomic E-state index is 13.3. The minimum atomic E-state index is -0.513. The van der Waals surface area contributed by atoms with Crippen molar-refractivity contribution in [3.8, 4) is 0 Å². The fraction of sp³-hybridized carbons (Fsp3) is 0.579. The normalized spacial score (nSPS) is 22.0. The topological polar surface area (TPSA) is 52.7 Å². The highest BCUT2D eigenvalue weighted by molar-refractivity contribution is 6.31. The molecule has 2 heterocycles. The molecule has 0 radical (unpaired) electrons. The molecular weight excluding hydrogens is 357 g/mol. The molecule has 0 bridgehead atoms. The van der Waals surface area contributed by atoms with Crippen molar-refractivity contribution in [1.29, 1.82) is 0 Å². The first-order valence-corrected chi connectivity index (χ1v) is 9.66. The van der Waals surface area contributed by atoms with Gasteiger partial charge in [-0.25, -0.2) is 4.39 Å². The lowest BCUT2D eigenvalue weighted by Gasteiger charge is -2.36. The van der Waals surface area contributed by atoms with Gasteiger partial charge in [-0.15, -0.1) is 0 Å². The number of hydrogen-bond donors (Lipinski definition) is 1. The summed E-state index contributed by atoms with van der Waals surface area (Å²) in [6.45, 7) is 3.14. The number of amides is 2. The molecule has 0 saturated carbocycles.